The van der Waals surface area contributed by atoms with Crippen molar-refractivity contribution < 1.29 is 9.68 Å². The van der Waals surface area contributed by atoms with Gasteiger partial charge in [0.15, 0.2) is 0 Å². The monoisotopic (exact) mass is 268 g/mol. The van der Waals surface area contributed by atoms with Gasteiger partial charge in [-0.15, -0.1) is 0 Å². The normalized spacial score (nSPS) is 13.2. The Bertz CT molecular complexity index is 669. The Labute approximate surface area is 116 Å². The Kier molecular flexibility index (Phi) is 3.30. The minimum atomic E-state index is -0.555. The summed E-state index contributed by atoms with van der Waals surface area (Å²) in [5.74, 6) is 0. The van der Waals surface area contributed by atoms with Crippen molar-refractivity contribution >= 4 is 24.3 Å². The Morgan fingerprint density at radius 2 is 2.11 bits per heavy atom. The van der Waals surface area contributed by atoms with Crippen molar-refractivity contribution in [2.24, 2.45) is 0 Å². The standard InChI is InChI=1S/C14H10BNO2S/c16-8-10-3-1-2-4-14(10)19-12-5-6-13-11(7-12)9-18-15(13)17/h1-7,17H,9H2/p+1. The van der Waals surface area contributed by atoms with Crippen LogP contribution in [0.1, 0.15) is 11.1 Å². The van der Waals surface area contributed by atoms with Crippen LogP contribution in [-0.4, -0.2) is 12.1 Å². The van der Waals surface area contributed by atoms with Crippen molar-refractivity contribution in [2.75, 3.05) is 0 Å². The first-order valence-electron chi connectivity index (χ1n) is 5.90. The van der Waals surface area contributed by atoms with Crippen LogP contribution in [0, 0.1) is 11.3 Å². The predicted molar refractivity (Wildman–Crippen MR) is 75.5 cm³/mol. The third kappa shape index (κ3) is 2.38. The molecule has 0 saturated carbocycles. The second kappa shape index (κ2) is 5.10. The molecule has 5 heteroatoms. The van der Waals surface area contributed by atoms with Gasteiger partial charge < -0.3 is 9.68 Å². The fraction of sp³-hybridized carbons (Fsp3) is 0.0714. The van der Waals surface area contributed by atoms with Gasteiger partial charge in [0.2, 0.25) is 0 Å². The molecule has 0 unspecified atom stereocenters. The fourth-order valence-electron chi connectivity index (χ4n) is 2.06. The molecule has 0 saturated heterocycles. The Morgan fingerprint density at radius 1 is 1.26 bits per heavy atom. The van der Waals surface area contributed by atoms with Crippen molar-refractivity contribution in [3.8, 4) is 6.07 Å². The molecule has 19 heavy (non-hydrogen) atoms. The topological polar surface area (TPSA) is 55.9 Å². The van der Waals surface area contributed by atoms with Crippen LogP contribution in [0.3, 0.4) is 0 Å². The van der Waals surface area contributed by atoms with Crippen LogP contribution in [0.4, 0.5) is 0 Å². The van der Waals surface area contributed by atoms with Crippen LogP contribution < -0.4 is 5.46 Å². The molecule has 2 aromatic rings. The van der Waals surface area contributed by atoms with Gasteiger partial charge in [-0.05, 0) is 29.8 Å². The average molecular weight is 268 g/mol. The molecular formula is C14H11BNO2S+. The number of rotatable bonds is 2. The average Bonchev–Trinajstić information content (AvgIpc) is 2.81. The van der Waals surface area contributed by atoms with Crippen LogP contribution in [0.25, 0.3) is 0 Å². The second-order valence-corrected chi connectivity index (χ2v) is 5.38. The number of nitrogens with zero attached hydrogens (tertiary/aromatic N) is 1. The summed E-state index contributed by atoms with van der Waals surface area (Å²) in [6.07, 6.45) is 0. The van der Waals surface area contributed by atoms with Gasteiger partial charge in [-0.1, -0.05) is 30.0 Å². The summed E-state index contributed by atoms with van der Waals surface area (Å²) in [5.41, 5.74) is 2.69. The van der Waals surface area contributed by atoms with Crippen molar-refractivity contribution in [1.29, 1.82) is 5.26 Å². The zero-order valence-electron chi connectivity index (χ0n) is 10.1. The van der Waals surface area contributed by atoms with Crippen molar-refractivity contribution in [1.82, 2.24) is 0 Å². The molecule has 3 rings (SSSR count). The van der Waals surface area contributed by atoms with E-state index in [9.17, 15) is 0 Å². The summed E-state index contributed by atoms with van der Waals surface area (Å²) in [7, 11) is -0.555. The minimum absolute atomic E-state index is 0.498. The molecule has 2 aromatic carbocycles. The predicted octanol–water partition coefficient (Wildman–Crippen LogP) is 1.66. The van der Waals surface area contributed by atoms with Gasteiger partial charge in [0.05, 0.1) is 17.6 Å². The SMILES string of the molecule is N#Cc1ccccc1Sc1ccc2c(c1)COB2[OH2+]. The maximum absolute atomic E-state index is 9.08. The summed E-state index contributed by atoms with van der Waals surface area (Å²) >= 11 is 1.57. The van der Waals surface area contributed by atoms with E-state index in [2.05, 4.69) is 6.07 Å². The van der Waals surface area contributed by atoms with Gasteiger partial charge >= 0.3 is 7.12 Å². The fourth-order valence-corrected chi connectivity index (χ4v) is 3.03. The quantitative estimate of drug-likeness (QED) is 0.614. The van der Waals surface area contributed by atoms with Crippen LogP contribution in [-0.2, 0) is 11.3 Å². The van der Waals surface area contributed by atoms with Gasteiger partial charge in [-0.25, -0.2) is 0 Å². The maximum Gasteiger partial charge on any atom is 0.731 e. The highest BCUT2D eigenvalue weighted by molar-refractivity contribution is 7.99. The lowest BCUT2D eigenvalue weighted by atomic mass is 9.80. The zero-order valence-corrected chi connectivity index (χ0v) is 10.9. The number of hydrogen-bond donors (Lipinski definition) is 0. The number of nitriles is 1. The molecule has 1 aliphatic rings. The molecule has 1 aliphatic heterocycles. The summed E-state index contributed by atoms with van der Waals surface area (Å²) < 4.78 is 5.28. The molecule has 0 spiro atoms. The summed E-state index contributed by atoms with van der Waals surface area (Å²) in [5, 5.41) is 16.8. The third-order valence-corrected chi connectivity index (χ3v) is 4.10. The van der Waals surface area contributed by atoms with Gasteiger partial charge in [0.25, 0.3) is 0 Å². The Balaban J connectivity index is 1.91. The van der Waals surface area contributed by atoms with Crippen LogP contribution >= 0.6 is 11.8 Å². The van der Waals surface area contributed by atoms with E-state index >= 15 is 0 Å². The van der Waals surface area contributed by atoms with Gasteiger partial charge in [-0.3, -0.25) is 0 Å². The third-order valence-electron chi connectivity index (χ3n) is 3.04. The first-order chi connectivity index (χ1) is 9.28. The smallest absolute Gasteiger partial charge is 0.522 e. The highest BCUT2D eigenvalue weighted by Gasteiger charge is 2.36. The summed E-state index contributed by atoms with van der Waals surface area (Å²) in [6.45, 7) is 0.498. The molecule has 2 N–H and O–H groups in total. The molecule has 0 bridgehead atoms. The molecule has 0 aliphatic carbocycles. The highest BCUT2D eigenvalue weighted by atomic mass is 32.2. The van der Waals surface area contributed by atoms with E-state index in [1.54, 1.807) is 11.8 Å². The van der Waals surface area contributed by atoms with E-state index in [1.165, 1.54) is 0 Å². The van der Waals surface area contributed by atoms with E-state index in [0.717, 1.165) is 20.8 Å². The largest absolute Gasteiger partial charge is 0.731 e. The molecular weight excluding hydrogens is 257 g/mol. The second-order valence-electron chi connectivity index (χ2n) is 4.26. The number of benzene rings is 2. The van der Waals surface area contributed by atoms with Crippen LogP contribution in [0.15, 0.2) is 52.3 Å². The van der Waals surface area contributed by atoms with Gasteiger partial charge in [0, 0.05) is 9.79 Å². The molecule has 0 amide bonds. The lowest BCUT2D eigenvalue weighted by Crippen LogP contribution is -2.27. The van der Waals surface area contributed by atoms with E-state index < -0.39 is 7.12 Å². The molecule has 1 heterocycles. The molecule has 0 radical (unpaired) electrons. The molecule has 0 aromatic heterocycles. The summed E-state index contributed by atoms with van der Waals surface area (Å²) in [4.78, 5) is 2.02. The van der Waals surface area contributed by atoms with Crippen molar-refractivity contribution in [2.45, 2.75) is 16.4 Å². The molecule has 3 nitrogen and oxygen atoms in total. The van der Waals surface area contributed by atoms with E-state index in [4.69, 9.17) is 14.9 Å². The zero-order chi connectivity index (χ0) is 13.2. The number of hydrogen-bond acceptors (Lipinski definition) is 3. The van der Waals surface area contributed by atoms with Gasteiger partial charge in [0.1, 0.15) is 6.07 Å². The maximum atomic E-state index is 9.08. The lowest BCUT2D eigenvalue weighted by molar-refractivity contribution is 0.275. The first kappa shape index (κ1) is 12.3. The first-order valence-corrected chi connectivity index (χ1v) is 6.72. The highest BCUT2D eigenvalue weighted by Crippen LogP contribution is 2.31. The molecule has 92 valence electrons. The number of fused-ring (bicyclic) bond motifs is 1. The van der Waals surface area contributed by atoms with Crippen molar-refractivity contribution in [3.05, 3.63) is 53.6 Å². The van der Waals surface area contributed by atoms with Crippen LogP contribution in [0.5, 0.6) is 0 Å². The van der Waals surface area contributed by atoms with Gasteiger partial charge in [-0.2, -0.15) is 5.26 Å². The summed E-state index contributed by atoms with van der Waals surface area (Å²) in [6, 6.07) is 15.7. The molecule has 0 atom stereocenters. The van der Waals surface area contributed by atoms with E-state index in [0.29, 0.717) is 12.2 Å². The Morgan fingerprint density at radius 3 is 2.95 bits per heavy atom. The van der Waals surface area contributed by atoms with E-state index in [-0.39, 0.29) is 0 Å². The Hall–Kier alpha value is -1.74. The van der Waals surface area contributed by atoms with E-state index in [1.807, 2.05) is 42.5 Å². The van der Waals surface area contributed by atoms with Crippen molar-refractivity contribution in [3.63, 3.8) is 0 Å². The molecule has 0 fully saturated rings. The minimum Gasteiger partial charge on any atom is -0.522 e. The lowest BCUT2D eigenvalue weighted by Gasteiger charge is -2.05. The van der Waals surface area contributed by atoms with Crippen LogP contribution in [0.2, 0.25) is 0 Å².